The van der Waals surface area contributed by atoms with Gasteiger partial charge in [0.2, 0.25) is 0 Å². The standard InChI is InChI=1S/C16H18BrN5O3/c1-2-24-8-12-21-13-14(22(12)5-6-25-16(19)23)10-4-3-9(17)7-11(10)20-15(13)18/h3-4,7H,2,5-6,8H2,1H3,(H2,18,20)(H2,19,23). The van der Waals surface area contributed by atoms with Crippen molar-refractivity contribution in [2.45, 2.75) is 20.1 Å². The summed E-state index contributed by atoms with van der Waals surface area (Å²) in [5.74, 6) is 1.03. The topological polar surface area (TPSA) is 118 Å². The van der Waals surface area contributed by atoms with Gasteiger partial charge in [0, 0.05) is 16.5 Å². The number of pyridine rings is 1. The number of carbonyl (C=O) groups is 1. The van der Waals surface area contributed by atoms with Gasteiger partial charge in [-0.25, -0.2) is 14.8 Å². The molecule has 8 nitrogen and oxygen atoms in total. The van der Waals surface area contributed by atoms with Crippen molar-refractivity contribution in [3.05, 3.63) is 28.5 Å². The van der Waals surface area contributed by atoms with E-state index in [0.717, 1.165) is 20.9 Å². The number of nitrogens with two attached hydrogens (primary N) is 2. The Balaban J connectivity index is 2.18. The van der Waals surface area contributed by atoms with Gasteiger partial charge in [0.15, 0.2) is 5.82 Å². The largest absolute Gasteiger partial charge is 0.448 e. The van der Waals surface area contributed by atoms with Crippen molar-refractivity contribution < 1.29 is 14.3 Å². The van der Waals surface area contributed by atoms with Crippen molar-refractivity contribution >= 4 is 49.8 Å². The molecule has 0 aliphatic carbocycles. The maximum Gasteiger partial charge on any atom is 0.404 e. The summed E-state index contributed by atoms with van der Waals surface area (Å²) in [6, 6.07) is 5.77. The number of carbonyl (C=O) groups excluding carboxylic acids is 1. The van der Waals surface area contributed by atoms with Crippen LogP contribution in [-0.4, -0.2) is 33.8 Å². The molecule has 3 rings (SSSR count). The Morgan fingerprint density at radius 3 is 2.88 bits per heavy atom. The molecule has 0 saturated heterocycles. The molecule has 1 amide bonds. The molecule has 0 radical (unpaired) electrons. The van der Waals surface area contributed by atoms with Crippen LogP contribution < -0.4 is 11.5 Å². The molecule has 0 spiro atoms. The number of nitrogen functional groups attached to an aromatic ring is 1. The van der Waals surface area contributed by atoms with Gasteiger partial charge in [-0.15, -0.1) is 0 Å². The molecule has 0 atom stereocenters. The van der Waals surface area contributed by atoms with E-state index in [-0.39, 0.29) is 6.61 Å². The normalized spacial score (nSPS) is 11.3. The van der Waals surface area contributed by atoms with Gasteiger partial charge in [0.1, 0.15) is 24.6 Å². The molecule has 4 N–H and O–H groups in total. The first kappa shape index (κ1) is 17.4. The monoisotopic (exact) mass is 407 g/mol. The van der Waals surface area contributed by atoms with E-state index in [0.29, 0.717) is 36.9 Å². The van der Waals surface area contributed by atoms with Crippen LogP contribution >= 0.6 is 15.9 Å². The lowest BCUT2D eigenvalue weighted by molar-refractivity contribution is 0.123. The molecular formula is C16H18BrN5O3. The average molecular weight is 408 g/mol. The Hall–Kier alpha value is -2.39. The van der Waals surface area contributed by atoms with Crippen LogP contribution in [0, 0.1) is 0 Å². The van der Waals surface area contributed by atoms with Crippen molar-refractivity contribution in [3.8, 4) is 0 Å². The van der Waals surface area contributed by atoms with Crippen LogP contribution in [0.5, 0.6) is 0 Å². The zero-order valence-corrected chi connectivity index (χ0v) is 15.2. The first-order valence-corrected chi connectivity index (χ1v) is 8.54. The second-order valence-electron chi connectivity index (χ2n) is 5.34. The maximum absolute atomic E-state index is 10.9. The highest BCUT2D eigenvalue weighted by atomic mass is 79.9. The number of rotatable bonds is 6. The predicted octanol–water partition coefficient (Wildman–Crippen LogP) is 2.56. The predicted molar refractivity (Wildman–Crippen MR) is 98.0 cm³/mol. The minimum Gasteiger partial charge on any atom is -0.448 e. The molecule has 1 aromatic carbocycles. The lowest BCUT2D eigenvalue weighted by Crippen LogP contribution is -2.18. The highest BCUT2D eigenvalue weighted by molar-refractivity contribution is 9.10. The lowest BCUT2D eigenvalue weighted by atomic mass is 10.2. The maximum atomic E-state index is 10.9. The summed E-state index contributed by atoms with van der Waals surface area (Å²) in [7, 11) is 0. The van der Waals surface area contributed by atoms with E-state index >= 15 is 0 Å². The number of nitrogens with zero attached hydrogens (tertiary/aromatic N) is 3. The third-order valence-corrected chi connectivity index (χ3v) is 4.23. The number of hydrogen-bond acceptors (Lipinski definition) is 6. The molecule has 0 bridgehead atoms. The van der Waals surface area contributed by atoms with Gasteiger partial charge in [0.25, 0.3) is 0 Å². The molecule has 3 aromatic rings. The molecule has 132 valence electrons. The number of benzene rings is 1. The Labute approximate surface area is 152 Å². The van der Waals surface area contributed by atoms with Crippen LogP contribution in [0.4, 0.5) is 10.6 Å². The molecule has 9 heteroatoms. The number of primary amides is 1. The first-order valence-electron chi connectivity index (χ1n) is 7.75. The average Bonchev–Trinajstić information content (AvgIpc) is 2.92. The summed E-state index contributed by atoms with van der Waals surface area (Å²) in [5, 5.41) is 0.904. The van der Waals surface area contributed by atoms with E-state index in [1.54, 1.807) is 0 Å². The first-order chi connectivity index (χ1) is 12.0. The number of amides is 1. The van der Waals surface area contributed by atoms with Crippen LogP contribution in [0.1, 0.15) is 12.7 Å². The second kappa shape index (κ2) is 7.24. The van der Waals surface area contributed by atoms with E-state index in [1.807, 2.05) is 29.7 Å². The minimum atomic E-state index is -0.814. The molecule has 0 saturated carbocycles. The van der Waals surface area contributed by atoms with Gasteiger partial charge < -0.3 is 25.5 Å². The van der Waals surface area contributed by atoms with Gasteiger partial charge in [-0.05, 0) is 25.1 Å². The second-order valence-corrected chi connectivity index (χ2v) is 6.26. The third-order valence-electron chi connectivity index (χ3n) is 3.74. The van der Waals surface area contributed by atoms with E-state index in [4.69, 9.17) is 20.9 Å². The molecular weight excluding hydrogens is 390 g/mol. The Bertz CT molecular complexity index is 941. The zero-order valence-electron chi connectivity index (χ0n) is 13.7. The number of anilines is 1. The van der Waals surface area contributed by atoms with Crippen LogP contribution in [-0.2, 0) is 22.6 Å². The fourth-order valence-corrected chi connectivity index (χ4v) is 3.06. The highest BCUT2D eigenvalue weighted by Gasteiger charge is 2.17. The number of halogens is 1. The summed E-state index contributed by atoms with van der Waals surface area (Å²) < 4.78 is 13.2. The number of fused-ring (bicyclic) bond motifs is 3. The van der Waals surface area contributed by atoms with Gasteiger partial charge in [-0.1, -0.05) is 15.9 Å². The minimum absolute atomic E-state index is 0.125. The van der Waals surface area contributed by atoms with E-state index in [9.17, 15) is 4.79 Å². The number of imidazole rings is 1. The van der Waals surface area contributed by atoms with Crippen LogP contribution in [0.25, 0.3) is 21.9 Å². The molecule has 2 heterocycles. The Morgan fingerprint density at radius 2 is 2.16 bits per heavy atom. The Kier molecular flexibility index (Phi) is 5.05. The summed E-state index contributed by atoms with van der Waals surface area (Å²) >= 11 is 3.44. The number of hydrogen-bond donors (Lipinski definition) is 2. The summed E-state index contributed by atoms with van der Waals surface area (Å²) in [5.41, 5.74) is 13.3. The summed E-state index contributed by atoms with van der Waals surface area (Å²) in [4.78, 5) is 19.9. The van der Waals surface area contributed by atoms with Crippen molar-refractivity contribution in [3.63, 3.8) is 0 Å². The molecule has 25 heavy (non-hydrogen) atoms. The van der Waals surface area contributed by atoms with Crippen LogP contribution in [0.2, 0.25) is 0 Å². The fraction of sp³-hybridized carbons (Fsp3) is 0.312. The zero-order chi connectivity index (χ0) is 18.0. The van der Waals surface area contributed by atoms with Crippen molar-refractivity contribution in [2.75, 3.05) is 18.9 Å². The van der Waals surface area contributed by atoms with Crippen molar-refractivity contribution in [1.29, 1.82) is 0 Å². The van der Waals surface area contributed by atoms with Gasteiger partial charge in [-0.2, -0.15) is 0 Å². The molecule has 2 aromatic heterocycles. The number of aromatic nitrogens is 3. The van der Waals surface area contributed by atoms with Crippen LogP contribution in [0.3, 0.4) is 0 Å². The Morgan fingerprint density at radius 1 is 1.36 bits per heavy atom. The van der Waals surface area contributed by atoms with E-state index in [2.05, 4.69) is 25.9 Å². The van der Waals surface area contributed by atoms with Gasteiger partial charge in [0.05, 0.1) is 17.6 Å². The lowest BCUT2D eigenvalue weighted by Gasteiger charge is -2.11. The SMILES string of the molecule is CCOCc1nc2c(N)nc3cc(Br)ccc3c2n1CCOC(N)=O. The molecule has 0 unspecified atom stereocenters. The highest BCUT2D eigenvalue weighted by Crippen LogP contribution is 2.30. The van der Waals surface area contributed by atoms with Gasteiger partial charge in [-0.3, -0.25) is 0 Å². The quantitative estimate of drug-likeness (QED) is 0.647. The summed E-state index contributed by atoms with van der Waals surface area (Å²) in [6.07, 6.45) is -0.814. The third kappa shape index (κ3) is 3.52. The van der Waals surface area contributed by atoms with Gasteiger partial charge >= 0.3 is 6.09 Å². The van der Waals surface area contributed by atoms with Crippen molar-refractivity contribution in [2.24, 2.45) is 5.73 Å². The number of ether oxygens (including phenoxy) is 2. The van der Waals surface area contributed by atoms with Crippen LogP contribution in [0.15, 0.2) is 22.7 Å². The smallest absolute Gasteiger partial charge is 0.404 e. The molecule has 0 fully saturated rings. The summed E-state index contributed by atoms with van der Waals surface area (Å²) in [6.45, 7) is 3.30. The van der Waals surface area contributed by atoms with Crippen molar-refractivity contribution in [1.82, 2.24) is 14.5 Å². The molecule has 0 aliphatic heterocycles. The van der Waals surface area contributed by atoms with E-state index in [1.165, 1.54) is 0 Å². The fourth-order valence-electron chi connectivity index (χ4n) is 2.71. The molecule has 0 aliphatic rings. The van der Waals surface area contributed by atoms with E-state index < -0.39 is 6.09 Å².